The summed E-state index contributed by atoms with van der Waals surface area (Å²) in [4.78, 5) is 26.0. The Morgan fingerprint density at radius 1 is 0.947 bits per heavy atom. The van der Waals surface area contributed by atoms with E-state index in [9.17, 15) is 23.6 Å². The Morgan fingerprint density at radius 2 is 1.61 bits per heavy atom. The lowest BCUT2D eigenvalue weighted by Gasteiger charge is -2.17. The third kappa shape index (κ3) is 5.75. The largest absolute Gasteiger partial charge is 0.324 e. The smallest absolute Gasteiger partial charge is 0.276 e. The number of aryl methyl sites for hydroxylation is 3. The second-order valence-electron chi connectivity index (χ2n) is 9.85. The van der Waals surface area contributed by atoms with Crippen LogP contribution in [0.2, 0.25) is 0 Å². The van der Waals surface area contributed by atoms with Crippen LogP contribution in [0.1, 0.15) is 52.4 Å². The molecular weight excluding hydrogens is 488 g/mol. The number of alkyl halides is 2. The zero-order valence-electron chi connectivity index (χ0n) is 21.8. The van der Waals surface area contributed by atoms with Gasteiger partial charge in [-0.2, -0.15) is 0 Å². The van der Waals surface area contributed by atoms with Gasteiger partial charge in [-0.15, -0.1) is 0 Å². The van der Waals surface area contributed by atoms with E-state index in [1.807, 2.05) is 50.5 Å². The topological polar surface area (TPSA) is 90.5 Å². The Hall–Kier alpha value is -4.04. The zero-order valence-corrected chi connectivity index (χ0v) is 21.8. The minimum atomic E-state index is -2.97. The number of amides is 2. The molecule has 3 aromatic carbocycles. The second-order valence-corrected chi connectivity index (χ2v) is 9.85. The lowest BCUT2D eigenvalue weighted by Crippen LogP contribution is -2.31. The molecule has 0 aliphatic heterocycles. The van der Waals surface area contributed by atoms with Gasteiger partial charge in [0.15, 0.2) is 0 Å². The third-order valence-corrected chi connectivity index (χ3v) is 6.72. The van der Waals surface area contributed by atoms with Crippen molar-refractivity contribution >= 4 is 17.5 Å². The van der Waals surface area contributed by atoms with Crippen molar-refractivity contribution in [2.24, 2.45) is 5.92 Å². The normalized spacial score (nSPS) is 14.0. The predicted molar refractivity (Wildman–Crippen MR) is 143 cm³/mol. The van der Waals surface area contributed by atoms with Crippen molar-refractivity contribution in [1.29, 1.82) is 0 Å². The maximum absolute atomic E-state index is 14.5. The van der Waals surface area contributed by atoms with E-state index in [1.165, 1.54) is 31.2 Å². The molecule has 0 heterocycles. The molecule has 4 N–H and O–H groups in total. The average Bonchev–Trinajstić information content (AvgIpc) is 3.70. The van der Waals surface area contributed by atoms with Gasteiger partial charge in [-0.3, -0.25) is 20.3 Å². The highest BCUT2D eigenvalue weighted by atomic mass is 19.3. The van der Waals surface area contributed by atoms with Crippen LogP contribution in [0.15, 0.2) is 72.1 Å². The summed E-state index contributed by atoms with van der Waals surface area (Å²) >= 11 is 0. The van der Waals surface area contributed by atoms with E-state index in [0.717, 1.165) is 27.8 Å². The van der Waals surface area contributed by atoms with Crippen molar-refractivity contribution in [2.45, 2.75) is 46.5 Å². The molecule has 0 radical (unpaired) electrons. The van der Waals surface area contributed by atoms with Crippen molar-refractivity contribution < 1.29 is 23.6 Å². The van der Waals surface area contributed by atoms with E-state index < -0.39 is 23.7 Å². The Labute approximate surface area is 220 Å². The van der Waals surface area contributed by atoms with E-state index in [-0.39, 0.29) is 22.6 Å². The fourth-order valence-corrected chi connectivity index (χ4v) is 4.62. The molecule has 1 aliphatic rings. The summed E-state index contributed by atoms with van der Waals surface area (Å²) < 4.78 is 29.0. The number of anilines is 1. The first-order valence-electron chi connectivity index (χ1n) is 12.4. The summed E-state index contributed by atoms with van der Waals surface area (Å²) in [6, 6.07) is 17.0. The summed E-state index contributed by atoms with van der Waals surface area (Å²) in [5, 5.41) is 14.8. The summed E-state index contributed by atoms with van der Waals surface area (Å²) in [5.41, 5.74) is 6.91. The molecule has 38 heavy (non-hydrogen) atoms. The van der Waals surface area contributed by atoms with E-state index in [0.29, 0.717) is 18.4 Å². The van der Waals surface area contributed by atoms with Gasteiger partial charge in [0.25, 0.3) is 17.7 Å². The van der Waals surface area contributed by atoms with Gasteiger partial charge < -0.3 is 10.6 Å². The van der Waals surface area contributed by atoms with Gasteiger partial charge in [-0.05, 0) is 92.6 Å². The Bertz CT molecular complexity index is 1410. The highest BCUT2D eigenvalue weighted by molar-refractivity contribution is 6.05. The number of benzene rings is 3. The van der Waals surface area contributed by atoms with E-state index in [4.69, 9.17) is 0 Å². The summed E-state index contributed by atoms with van der Waals surface area (Å²) in [7, 11) is 0. The van der Waals surface area contributed by atoms with E-state index >= 15 is 0 Å². The number of halogens is 2. The molecule has 3 aromatic rings. The van der Waals surface area contributed by atoms with Crippen LogP contribution in [0.5, 0.6) is 0 Å². The molecule has 0 bridgehead atoms. The molecule has 0 spiro atoms. The molecule has 4 rings (SSSR count). The van der Waals surface area contributed by atoms with E-state index in [1.54, 1.807) is 12.1 Å². The molecule has 198 valence electrons. The quantitative estimate of drug-likeness (QED) is 0.206. The average molecular weight is 520 g/mol. The lowest BCUT2D eigenvalue weighted by molar-refractivity contribution is -0.114. The molecule has 0 atom stereocenters. The summed E-state index contributed by atoms with van der Waals surface area (Å²) in [5.74, 6) is -4.91. The van der Waals surface area contributed by atoms with Gasteiger partial charge in [-0.1, -0.05) is 36.4 Å². The maximum Gasteiger partial charge on any atom is 0.276 e. The van der Waals surface area contributed by atoms with Crippen LogP contribution in [0.4, 0.5) is 14.5 Å². The minimum Gasteiger partial charge on any atom is -0.324 e. The Morgan fingerprint density at radius 3 is 2.24 bits per heavy atom. The molecule has 0 aromatic heterocycles. The number of hydrogen-bond acceptors (Lipinski definition) is 4. The monoisotopic (exact) mass is 519 g/mol. The van der Waals surface area contributed by atoms with Crippen molar-refractivity contribution in [3.63, 3.8) is 0 Å². The molecule has 1 aliphatic carbocycles. The number of carbonyl (C=O) groups is 2. The van der Waals surface area contributed by atoms with Crippen LogP contribution < -0.4 is 16.1 Å². The van der Waals surface area contributed by atoms with Gasteiger partial charge in [0.1, 0.15) is 5.70 Å². The number of nitrogens with one attached hydrogen (secondary N) is 3. The fraction of sp³-hybridized carbons (Fsp3) is 0.267. The van der Waals surface area contributed by atoms with E-state index in [2.05, 4.69) is 10.6 Å². The molecule has 1 fully saturated rings. The number of hydrogen-bond donors (Lipinski definition) is 4. The van der Waals surface area contributed by atoms with Crippen LogP contribution in [0.3, 0.4) is 0 Å². The van der Waals surface area contributed by atoms with Crippen LogP contribution in [0.25, 0.3) is 11.1 Å². The molecular formula is C30H31F2N3O3. The minimum absolute atomic E-state index is 0.0598. The Balaban J connectivity index is 1.54. The SMILES string of the molecule is C/C(NC(=O)c1cc(C)cc(-c2c(C)cccc2C)c1)=C(/NO)C(=O)Nc1cccc(C(F)(F)C2CC2)c1. The standard InChI is InChI=1S/C30H31F2N3O3/c1-17-13-21(26-18(2)7-5-8-19(26)3)15-22(14-17)28(36)33-20(4)27(35-38)29(37)34-25-10-6-9-24(16-25)30(31,32)23-11-12-23/h5-10,13-16,23,35,38H,11-12H2,1-4H3,(H,33,36)(H,34,37)/b27-20-. The van der Waals surface area contributed by atoms with Gasteiger partial charge >= 0.3 is 0 Å². The molecule has 0 unspecified atom stereocenters. The van der Waals surface area contributed by atoms with Gasteiger partial charge in [0.05, 0.1) is 0 Å². The number of hydroxylamine groups is 1. The van der Waals surface area contributed by atoms with Crippen molar-refractivity contribution in [2.75, 3.05) is 5.32 Å². The van der Waals surface area contributed by atoms with Gasteiger partial charge in [-0.25, -0.2) is 8.78 Å². The summed E-state index contributed by atoms with van der Waals surface area (Å²) in [6.07, 6.45) is 0.938. The fourth-order valence-electron chi connectivity index (χ4n) is 4.62. The number of rotatable bonds is 8. The third-order valence-electron chi connectivity index (χ3n) is 6.72. The molecule has 2 amide bonds. The van der Waals surface area contributed by atoms with Crippen molar-refractivity contribution in [1.82, 2.24) is 10.8 Å². The first-order valence-corrected chi connectivity index (χ1v) is 12.4. The van der Waals surface area contributed by atoms with Crippen LogP contribution in [-0.2, 0) is 10.7 Å². The van der Waals surface area contributed by atoms with Crippen molar-refractivity contribution in [3.8, 4) is 11.1 Å². The highest BCUT2D eigenvalue weighted by Crippen LogP contribution is 2.49. The number of allylic oxidation sites excluding steroid dienone is 1. The zero-order chi connectivity index (χ0) is 27.6. The van der Waals surface area contributed by atoms with Crippen LogP contribution >= 0.6 is 0 Å². The molecule has 6 nitrogen and oxygen atoms in total. The van der Waals surface area contributed by atoms with Crippen LogP contribution in [-0.4, -0.2) is 17.0 Å². The van der Waals surface area contributed by atoms with Crippen LogP contribution in [0, 0.1) is 26.7 Å². The highest BCUT2D eigenvalue weighted by Gasteiger charge is 2.47. The molecule has 8 heteroatoms. The lowest BCUT2D eigenvalue weighted by atomic mass is 9.93. The van der Waals surface area contributed by atoms with Gasteiger partial charge in [0, 0.05) is 28.4 Å². The first-order chi connectivity index (χ1) is 18.0. The molecule has 1 saturated carbocycles. The Kier molecular flexibility index (Phi) is 7.64. The predicted octanol–water partition coefficient (Wildman–Crippen LogP) is 6.36. The first kappa shape index (κ1) is 27.0. The van der Waals surface area contributed by atoms with Gasteiger partial charge in [0.2, 0.25) is 0 Å². The summed E-state index contributed by atoms with van der Waals surface area (Å²) in [6.45, 7) is 7.37. The number of carbonyl (C=O) groups excluding carboxylic acids is 2. The maximum atomic E-state index is 14.5. The second kappa shape index (κ2) is 10.8. The van der Waals surface area contributed by atoms with Crippen molar-refractivity contribution in [3.05, 3.63) is 99.9 Å². The molecule has 0 saturated heterocycles.